The molecular weight excluding hydrogens is 240 g/mol. The average molecular weight is 255 g/mol. The SMILES string of the molecule is NC(=NO)c1cc(Cl)nc(N2CCCCC2)c1. The van der Waals surface area contributed by atoms with Crippen molar-refractivity contribution in [2.75, 3.05) is 18.0 Å². The minimum absolute atomic E-state index is 0.0487. The van der Waals surface area contributed by atoms with E-state index in [-0.39, 0.29) is 5.84 Å². The second-order valence-electron chi connectivity index (χ2n) is 4.07. The van der Waals surface area contributed by atoms with Gasteiger partial charge in [-0.1, -0.05) is 16.8 Å². The number of nitrogens with two attached hydrogens (primary N) is 1. The van der Waals surface area contributed by atoms with E-state index in [1.807, 2.05) is 0 Å². The molecule has 3 N–H and O–H groups in total. The van der Waals surface area contributed by atoms with Crippen LogP contribution in [0.3, 0.4) is 0 Å². The molecule has 1 aliphatic rings. The van der Waals surface area contributed by atoms with Crippen LogP contribution in [0.25, 0.3) is 0 Å². The summed E-state index contributed by atoms with van der Waals surface area (Å²) in [6.07, 6.45) is 3.57. The van der Waals surface area contributed by atoms with Gasteiger partial charge in [-0.15, -0.1) is 0 Å². The van der Waals surface area contributed by atoms with Crippen LogP contribution in [0.1, 0.15) is 24.8 Å². The number of hydrogen-bond acceptors (Lipinski definition) is 4. The highest BCUT2D eigenvalue weighted by molar-refractivity contribution is 6.30. The third-order valence-electron chi connectivity index (χ3n) is 2.86. The number of amidine groups is 1. The number of hydrogen-bond donors (Lipinski definition) is 2. The summed E-state index contributed by atoms with van der Waals surface area (Å²) in [6, 6.07) is 3.39. The van der Waals surface area contributed by atoms with Gasteiger partial charge in [0.15, 0.2) is 5.84 Å². The van der Waals surface area contributed by atoms with E-state index < -0.39 is 0 Å². The molecule has 0 aliphatic carbocycles. The lowest BCUT2D eigenvalue weighted by Crippen LogP contribution is -2.30. The first-order valence-corrected chi connectivity index (χ1v) is 5.99. The zero-order valence-electron chi connectivity index (χ0n) is 9.43. The Morgan fingerprint density at radius 1 is 1.35 bits per heavy atom. The predicted octanol–water partition coefficient (Wildman–Crippen LogP) is 1.82. The second-order valence-corrected chi connectivity index (χ2v) is 4.46. The van der Waals surface area contributed by atoms with Crippen LogP contribution >= 0.6 is 11.6 Å². The van der Waals surface area contributed by atoms with Crippen molar-refractivity contribution < 1.29 is 5.21 Å². The summed E-state index contributed by atoms with van der Waals surface area (Å²) in [5.41, 5.74) is 6.15. The highest BCUT2D eigenvalue weighted by atomic mass is 35.5. The molecule has 1 aromatic heterocycles. The van der Waals surface area contributed by atoms with Gasteiger partial charge in [-0.3, -0.25) is 0 Å². The van der Waals surface area contributed by atoms with Gasteiger partial charge in [0.2, 0.25) is 0 Å². The molecule has 0 atom stereocenters. The number of halogens is 1. The van der Waals surface area contributed by atoms with E-state index >= 15 is 0 Å². The van der Waals surface area contributed by atoms with Gasteiger partial charge in [0.05, 0.1) is 0 Å². The van der Waals surface area contributed by atoms with Crippen LogP contribution in [0.5, 0.6) is 0 Å². The summed E-state index contributed by atoms with van der Waals surface area (Å²) in [5.74, 6) is 0.839. The van der Waals surface area contributed by atoms with E-state index in [4.69, 9.17) is 22.5 Å². The van der Waals surface area contributed by atoms with Crippen molar-refractivity contribution in [2.45, 2.75) is 19.3 Å². The van der Waals surface area contributed by atoms with Crippen LogP contribution in [-0.4, -0.2) is 29.1 Å². The van der Waals surface area contributed by atoms with Crippen molar-refractivity contribution in [2.24, 2.45) is 10.9 Å². The zero-order valence-corrected chi connectivity index (χ0v) is 10.2. The molecule has 0 radical (unpaired) electrons. The first-order valence-electron chi connectivity index (χ1n) is 5.61. The van der Waals surface area contributed by atoms with Crippen LogP contribution in [0.4, 0.5) is 5.82 Å². The number of piperidine rings is 1. The van der Waals surface area contributed by atoms with Crippen molar-refractivity contribution in [3.63, 3.8) is 0 Å². The predicted molar refractivity (Wildman–Crippen MR) is 67.8 cm³/mol. The number of oxime groups is 1. The Hall–Kier alpha value is -1.49. The third kappa shape index (κ3) is 2.79. The van der Waals surface area contributed by atoms with Crippen LogP contribution in [-0.2, 0) is 0 Å². The summed E-state index contributed by atoms with van der Waals surface area (Å²) >= 11 is 5.94. The number of aromatic nitrogens is 1. The second kappa shape index (κ2) is 5.23. The Morgan fingerprint density at radius 3 is 2.71 bits per heavy atom. The first kappa shape index (κ1) is 12.0. The number of nitrogens with zero attached hydrogens (tertiary/aromatic N) is 3. The quantitative estimate of drug-likeness (QED) is 0.278. The molecule has 0 aromatic carbocycles. The minimum Gasteiger partial charge on any atom is -0.409 e. The molecule has 0 bridgehead atoms. The van der Waals surface area contributed by atoms with Crippen molar-refractivity contribution >= 4 is 23.3 Å². The highest BCUT2D eigenvalue weighted by Crippen LogP contribution is 2.21. The molecule has 1 aromatic rings. The zero-order chi connectivity index (χ0) is 12.3. The van der Waals surface area contributed by atoms with Crippen molar-refractivity contribution in [1.82, 2.24) is 4.98 Å². The molecule has 0 amide bonds. The molecule has 0 unspecified atom stereocenters. The van der Waals surface area contributed by atoms with E-state index in [0.717, 1.165) is 31.7 Å². The van der Waals surface area contributed by atoms with Crippen LogP contribution in [0.15, 0.2) is 17.3 Å². The molecule has 6 heteroatoms. The molecule has 5 nitrogen and oxygen atoms in total. The summed E-state index contributed by atoms with van der Waals surface area (Å²) in [4.78, 5) is 6.44. The van der Waals surface area contributed by atoms with Gasteiger partial charge >= 0.3 is 0 Å². The number of pyridine rings is 1. The summed E-state index contributed by atoms with van der Waals surface area (Å²) in [5, 5.41) is 12.0. The van der Waals surface area contributed by atoms with Gasteiger partial charge < -0.3 is 15.8 Å². The Balaban J connectivity index is 2.30. The fourth-order valence-corrected chi connectivity index (χ4v) is 2.18. The molecular formula is C11H15ClN4O. The maximum atomic E-state index is 8.67. The summed E-state index contributed by atoms with van der Waals surface area (Å²) in [6.45, 7) is 1.95. The molecule has 2 rings (SSSR count). The standard InChI is InChI=1S/C11H15ClN4O/c12-9-6-8(11(13)15-17)7-10(14-9)16-4-2-1-3-5-16/h6-7,17H,1-5H2,(H2,13,15). The van der Waals surface area contributed by atoms with Gasteiger partial charge in [-0.05, 0) is 31.4 Å². The summed E-state index contributed by atoms with van der Waals surface area (Å²) in [7, 11) is 0. The van der Waals surface area contributed by atoms with E-state index in [1.54, 1.807) is 12.1 Å². The lowest BCUT2D eigenvalue weighted by atomic mass is 10.1. The van der Waals surface area contributed by atoms with E-state index in [1.165, 1.54) is 6.42 Å². The van der Waals surface area contributed by atoms with Crippen molar-refractivity contribution in [1.29, 1.82) is 0 Å². The Kier molecular flexibility index (Phi) is 3.68. The fraction of sp³-hybridized carbons (Fsp3) is 0.455. The topological polar surface area (TPSA) is 74.7 Å². The fourth-order valence-electron chi connectivity index (χ4n) is 1.97. The van der Waals surface area contributed by atoms with Crippen LogP contribution < -0.4 is 10.6 Å². The van der Waals surface area contributed by atoms with Gasteiger partial charge in [-0.2, -0.15) is 0 Å². The highest BCUT2D eigenvalue weighted by Gasteiger charge is 2.14. The molecule has 1 aliphatic heterocycles. The Labute approximate surface area is 105 Å². The molecule has 2 heterocycles. The van der Waals surface area contributed by atoms with E-state index in [9.17, 15) is 0 Å². The van der Waals surface area contributed by atoms with E-state index in [0.29, 0.717) is 10.7 Å². The van der Waals surface area contributed by atoms with Gasteiger partial charge in [0, 0.05) is 18.7 Å². The van der Waals surface area contributed by atoms with Gasteiger partial charge in [0.1, 0.15) is 11.0 Å². The van der Waals surface area contributed by atoms with Crippen LogP contribution in [0, 0.1) is 0 Å². The number of anilines is 1. The maximum absolute atomic E-state index is 8.67. The average Bonchev–Trinajstić information content (AvgIpc) is 2.38. The monoisotopic (exact) mass is 254 g/mol. The summed E-state index contributed by atoms with van der Waals surface area (Å²) < 4.78 is 0. The maximum Gasteiger partial charge on any atom is 0.170 e. The lowest BCUT2D eigenvalue weighted by molar-refractivity contribution is 0.318. The molecule has 17 heavy (non-hydrogen) atoms. The smallest absolute Gasteiger partial charge is 0.170 e. The Bertz CT molecular complexity index is 429. The van der Waals surface area contributed by atoms with E-state index in [2.05, 4.69) is 15.0 Å². The number of rotatable bonds is 2. The van der Waals surface area contributed by atoms with Gasteiger partial charge in [0.25, 0.3) is 0 Å². The van der Waals surface area contributed by atoms with Crippen molar-refractivity contribution in [3.8, 4) is 0 Å². The molecule has 0 spiro atoms. The molecule has 1 saturated heterocycles. The largest absolute Gasteiger partial charge is 0.409 e. The van der Waals surface area contributed by atoms with Gasteiger partial charge in [-0.25, -0.2) is 4.98 Å². The third-order valence-corrected chi connectivity index (χ3v) is 3.06. The Morgan fingerprint density at radius 2 is 2.06 bits per heavy atom. The lowest BCUT2D eigenvalue weighted by Gasteiger charge is -2.28. The minimum atomic E-state index is 0.0487. The van der Waals surface area contributed by atoms with Crippen molar-refractivity contribution in [3.05, 3.63) is 22.8 Å². The first-order chi connectivity index (χ1) is 8.20. The molecule has 1 fully saturated rings. The normalized spacial score (nSPS) is 17.2. The molecule has 0 saturated carbocycles. The van der Waals surface area contributed by atoms with Crippen LogP contribution in [0.2, 0.25) is 5.15 Å². The molecule has 92 valence electrons.